The zero-order chi connectivity index (χ0) is 22.8. The fraction of sp³-hybridized carbons (Fsp3) is 0.458. The number of nitrogens with zero attached hydrogens (tertiary/aromatic N) is 5. The third-order valence-electron chi connectivity index (χ3n) is 6.02. The lowest BCUT2D eigenvalue weighted by Crippen LogP contribution is -2.49. The summed E-state index contributed by atoms with van der Waals surface area (Å²) in [5.41, 5.74) is 4.01. The molecule has 1 aliphatic heterocycles. The number of hydrogen-bond acceptors (Lipinski definition) is 6. The number of hydrogen-bond donors (Lipinski definition) is 0. The van der Waals surface area contributed by atoms with Crippen LogP contribution in [0.3, 0.4) is 0 Å². The summed E-state index contributed by atoms with van der Waals surface area (Å²) in [6.45, 7) is 11.3. The molecule has 0 spiro atoms. The van der Waals surface area contributed by atoms with Gasteiger partial charge in [-0.2, -0.15) is 4.98 Å². The molecule has 0 N–H and O–H groups in total. The van der Waals surface area contributed by atoms with Crippen LogP contribution in [-0.2, 0) is 11.3 Å². The number of amides is 1. The normalized spacial score (nSPS) is 14.3. The van der Waals surface area contributed by atoms with E-state index in [0.717, 1.165) is 41.5 Å². The molecule has 1 amide bonds. The lowest BCUT2D eigenvalue weighted by molar-refractivity contribution is -0.132. The minimum absolute atomic E-state index is 0.0999. The van der Waals surface area contributed by atoms with Gasteiger partial charge in [0, 0.05) is 43.5 Å². The van der Waals surface area contributed by atoms with Crippen molar-refractivity contribution in [3.8, 4) is 17.3 Å². The molecule has 1 saturated heterocycles. The number of methoxy groups -OCH3 is 1. The van der Waals surface area contributed by atoms with Gasteiger partial charge in [-0.15, -0.1) is 0 Å². The first-order chi connectivity index (χ1) is 15.4. The first-order valence-electron chi connectivity index (χ1n) is 11.0. The predicted octanol–water partition coefficient (Wildman–Crippen LogP) is 3.64. The fourth-order valence-corrected chi connectivity index (χ4v) is 4.14. The van der Waals surface area contributed by atoms with Crippen molar-refractivity contribution >= 4 is 11.6 Å². The van der Waals surface area contributed by atoms with E-state index in [4.69, 9.17) is 9.26 Å². The molecule has 3 heterocycles. The van der Waals surface area contributed by atoms with E-state index < -0.39 is 0 Å². The molecule has 0 bridgehead atoms. The monoisotopic (exact) mass is 437 g/mol. The van der Waals surface area contributed by atoms with Crippen LogP contribution < -0.4 is 9.64 Å². The second-order valence-corrected chi connectivity index (χ2v) is 8.58. The van der Waals surface area contributed by atoms with Crippen LogP contribution in [0.5, 0.6) is 5.75 Å². The van der Waals surface area contributed by atoms with E-state index in [1.54, 1.807) is 7.11 Å². The van der Waals surface area contributed by atoms with Crippen LogP contribution in [0.2, 0.25) is 0 Å². The van der Waals surface area contributed by atoms with Gasteiger partial charge in [0.1, 0.15) is 18.0 Å². The Balaban J connectivity index is 1.44. The van der Waals surface area contributed by atoms with Crippen molar-refractivity contribution in [3.63, 3.8) is 0 Å². The van der Waals surface area contributed by atoms with E-state index in [2.05, 4.69) is 33.2 Å². The van der Waals surface area contributed by atoms with Crippen LogP contribution in [0, 0.1) is 13.8 Å². The number of piperazine rings is 1. The molecule has 1 fully saturated rings. The molecule has 1 aliphatic rings. The number of carbonyl (C=O) groups excluding carboxylic acids is 1. The highest BCUT2D eigenvalue weighted by Crippen LogP contribution is 2.27. The van der Waals surface area contributed by atoms with E-state index in [0.29, 0.717) is 24.8 Å². The van der Waals surface area contributed by atoms with Gasteiger partial charge in [-0.25, -0.2) is 0 Å². The van der Waals surface area contributed by atoms with E-state index in [1.165, 1.54) is 0 Å². The van der Waals surface area contributed by atoms with Gasteiger partial charge in [0.15, 0.2) is 5.82 Å². The number of carbonyl (C=O) groups is 1. The Labute approximate surface area is 188 Å². The Kier molecular flexibility index (Phi) is 6.21. The highest BCUT2D eigenvalue weighted by atomic mass is 16.5. The minimum atomic E-state index is 0.0999. The number of aryl methyl sites for hydroxylation is 2. The number of aromatic nitrogens is 3. The number of ether oxygens (including phenoxy) is 1. The highest BCUT2D eigenvalue weighted by Gasteiger charge is 2.25. The largest absolute Gasteiger partial charge is 0.497 e. The molecule has 8 heteroatoms. The Morgan fingerprint density at radius 3 is 2.41 bits per heavy atom. The van der Waals surface area contributed by atoms with Crippen molar-refractivity contribution in [1.82, 2.24) is 19.6 Å². The maximum atomic E-state index is 13.2. The summed E-state index contributed by atoms with van der Waals surface area (Å²) in [7, 11) is 1.67. The zero-order valence-corrected chi connectivity index (χ0v) is 19.5. The van der Waals surface area contributed by atoms with E-state index in [9.17, 15) is 4.79 Å². The molecule has 0 radical (unpaired) electrons. The van der Waals surface area contributed by atoms with E-state index >= 15 is 0 Å². The van der Waals surface area contributed by atoms with Gasteiger partial charge in [0.05, 0.1) is 7.11 Å². The van der Waals surface area contributed by atoms with Crippen LogP contribution in [0.1, 0.15) is 36.8 Å². The number of rotatable bonds is 6. The molecule has 170 valence electrons. The molecule has 2 aromatic heterocycles. The third-order valence-corrected chi connectivity index (χ3v) is 6.02. The fourth-order valence-electron chi connectivity index (χ4n) is 4.14. The minimum Gasteiger partial charge on any atom is -0.497 e. The van der Waals surface area contributed by atoms with Crippen molar-refractivity contribution in [1.29, 1.82) is 0 Å². The van der Waals surface area contributed by atoms with Crippen LogP contribution in [-0.4, -0.2) is 58.8 Å². The van der Waals surface area contributed by atoms with Gasteiger partial charge in [-0.3, -0.25) is 4.79 Å². The Bertz CT molecular complexity index is 1080. The van der Waals surface area contributed by atoms with E-state index in [-0.39, 0.29) is 18.4 Å². The number of anilines is 1. The molecule has 0 aliphatic carbocycles. The molecule has 4 rings (SSSR count). The van der Waals surface area contributed by atoms with Crippen LogP contribution in [0.15, 0.2) is 34.9 Å². The van der Waals surface area contributed by atoms with Crippen LogP contribution >= 0.6 is 0 Å². The maximum Gasteiger partial charge on any atom is 0.274 e. The molecule has 8 nitrogen and oxygen atoms in total. The third kappa shape index (κ3) is 4.35. The van der Waals surface area contributed by atoms with Crippen molar-refractivity contribution in [3.05, 3.63) is 47.4 Å². The summed E-state index contributed by atoms with van der Waals surface area (Å²) in [5.74, 6) is 2.27. The maximum absolute atomic E-state index is 13.2. The standard InChI is InChI=1S/C24H31N5O3/c1-16(2)23-25-24(32-26-23)22-17(3)14-18(4)29(22)15-21(30)28-12-10-27(11-13-28)19-6-8-20(31-5)9-7-19/h6-9,14,16H,10-13,15H2,1-5H3. The van der Waals surface area contributed by atoms with Crippen LogP contribution in [0.25, 0.3) is 11.6 Å². The SMILES string of the molecule is COc1ccc(N2CCN(C(=O)Cn3c(C)cc(C)c3-c3nc(C(C)C)no3)CC2)cc1. The smallest absolute Gasteiger partial charge is 0.274 e. The summed E-state index contributed by atoms with van der Waals surface area (Å²) in [6, 6.07) is 10.1. The van der Waals surface area contributed by atoms with Gasteiger partial charge in [-0.05, 0) is 49.7 Å². The predicted molar refractivity (Wildman–Crippen MR) is 123 cm³/mol. The van der Waals surface area contributed by atoms with Crippen molar-refractivity contribution in [2.45, 2.75) is 40.2 Å². The summed E-state index contributed by atoms with van der Waals surface area (Å²) < 4.78 is 12.8. The Morgan fingerprint density at radius 1 is 1.12 bits per heavy atom. The number of benzene rings is 1. The summed E-state index contributed by atoms with van der Waals surface area (Å²) in [5, 5.41) is 4.09. The van der Waals surface area contributed by atoms with Gasteiger partial charge < -0.3 is 23.6 Å². The molecule has 3 aromatic rings. The average molecular weight is 438 g/mol. The van der Waals surface area contributed by atoms with Gasteiger partial charge >= 0.3 is 0 Å². The summed E-state index contributed by atoms with van der Waals surface area (Å²) in [4.78, 5) is 21.9. The van der Waals surface area contributed by atoms with E-state index in [1.807, 2.05) is 49.3 Å². The molecular formula is C24H31N5O3. The highest BCUT2D eigenvalue weighted by molar-refractivity contribution is 5.77. The van der Waals surface area contributed by atoms with Gasteiger partial charge in [0.25, 0.3) is 5.89 Å². The van der Waals surface area contributed by atoms with Gasteiger partial charge in [0.2, 0.25) is 5.91 Å². The molecule has 1 aromatic carbocycles. The zero-order valence-electron chi connectivity index (χ0n) is 19.5. The van der Waals surface area contributed by atoms with Crippen molar-refractivity contribution in [2.24, 2.45) is 0 Å². The summed E-state index contributed by atoms with van der Waals surface area (Å²) in [6.07, 6.45) is 0. The Morgan fingerprint density at radius 2 is 1.81 bits per heavy atom. The Hall–Kier alpha value is -3.29. The van der Waals surface area contributed by atoms with Crippen LogP contribution in [0.4, 0.5) is 5.69 Å². The topological polar surface area (TPSA) is 76.6 Å². The molecule has 0 saturated carbocycles. The quantitative estimate of drug-likeness (QED) is 0.586. The first kappa shape index (κ1) is 21.9. The van der Waals surface area contributed by atoms with Gasteiger partial charge in [-0.1, -0.05) is 19.0 Å². The molecule has 32 heavy (non-hydrogen) atoms. The van der Waals surface area contributed by atoms with Crippen molar-refractivity contribution in [2.75, 3.05) is 38.2 Å². The summed E-state index contributed by atoms with van der Waals surface area (Å²) >= 11 is 0. The van der Waals surface area contributed by atoms with Crippen molar-refractivity contribution < 1.29 is 14.1 Å². The molecular weight excluding hydrogens is 406 g/mol. The molecule has 0 atom stereocenters. The second kappa shape index (κ2) is 9.06. The first-order valence-corrected chi connectivity index (χ1v) is 11.0. The lowest BCUT2D eigenvalue weighted by atomic mass is 10.2. The lowest BCUT2D eigenvalue weighted by Gasteiger charge is -2.36. The average Bonchev–Trinajstić information content (AvgIpc) is 3.38. The molecule has 0 unspecified atom stereocenters. The second-order valence-electron chi connectivity index (χ2n) is 8.58.